The summed E-state index contributed by atoms with van der Waals surface area (Å²) in [7, 11) is 0. The van der Waals surface area contributed by atoms with Crippen LogP contribution >= 0.6 is 0 Å². The van der Waals surface area contributed by atoms with Gasteiger partial charge in [-0.05, 0) is 56.9 Å². The van der Waals surface area contributed by atoms with Crippen molar-refractivity contribution >= 4 is 5.97 Å². The summed E-state index contributed by atoms with van der Waals surface area (Å²) < 4.78 is 5.47. The van der Waals surface area contributed by atoms with Crippen LogP contribution in [0.15, 0.2) is 0 Å². The molecule has 0 amide bonds. The van der Waals surface area contributed by atoms with Crippen LogP contribution in [-0.4, -0.2) is 47.8 Å². The van der Waals surface area contributed by atoms with E-state index in [9.17, 15) is 9.90 Å². The molecule has 3 rings (SSSR count). The van der Waals surface area contributed by atoms with E-state index in [1.54, 1.807) is 0 Å². The van der Waals surface area contributed by atoms with Gasteiger partial charge < -0.3 is 9.84 Å². The number of likely N-dealkylation sites (tertiary alicyclic amines) is 1. The lowest BCUT2D eigenvalue weighted by Gasteiger charge is -2.39. The summed E-state index contributed by atoms with van der Waals surface area (Å²) in [6.07, 6.45) is 9.20. The van der Waals surface area contributed by atoms with E-state index in [0.717, 1.165) is 45.4 Å². The highest BCUT2D eigenvalue weighted by molar-refractivity contribution is 5.74. The molecular weight excluding hydrogens is 254 g/mol. The van der Waals surface area contributed by atoms with Crippen LogP contribution in [0.1, 0.15) is 51.4 Å². The Morgan fingerprint density at radius 2 is 1.75 bits per heavy atom. The number of hydrogen-bond donors (Lipinski definition) is 1. The van der Waals surface area contributed by atoms with Gasteiger partial charge in [0.05, 0.1) is 0 Å². The molecule has 2 atom stereocenters. The Labute approximate surface area is 121 Å². The van der Waals surface area contributed by atoms with Crippen LogP contribution in [0.2, 0.25) is 0 Å². The third kappa shape index (κ3) is 2.86. The summed E-state index contributed by atoms with van der Waals surface area (Å²) in [5.41, 5.74) is 0. The largest absolute Gasteiger partial charge is 0.480 e. The SMILES string of the molecule is O=C(O)[C@H](C1CCCC1)N1CCC[C@@H]1C1CCOCC1. The molecule has 1 saturated carbocycles. The molecule has 0 bridgehead atoms. The summed E-state index contributed by atoms with van der Waals surface area (Å²) in [5.74, 6) is 0.443. The van der Waals surface area contributed by atoms with E-state index in [1.165, 1.54) is 25.7 Å². The standard InChI is InChI=1S/C16H27NO3/c18-16(19)15(13-4-1-2-5-13)17-9-3-6-14(17)12-7-10-20-11-8-12/h12-15H,1-11H2,(H,18,19)/t14-,15+/m1/s1. The van der Waals surface area contributed by atoms with Gasteiger partial charge in [0, 0.05) is 19.3 Å². The first-order chi connectivity index (χ1) is 9.77. The number of rotatable bonds is 4. The zero-order valence-electron chi connectivity index (χ0n) is 12.3. The first kappa shape index (κ1) is 14.3. The van der Waals surface area contributed by atoms with Crippen molar-refractivity contribution in [1.82, 2.24) is 4.90 Å². The number of nitrogens with zero attached hydrogens (tertiary/aromatic N) is 1. The molecule has 0 aromatic rings. The van der Waals surface area contributed by atoms with Gasteiger partial charge in [0.1, 0.15) is 6.04 Å². The number of aliphatic carboxylic acids is 1. The lowest BCUT2D eigenvalue weighted by molar-refractivity contribution is -0.146. The van der Waals surface area contributed by atoms with E-state index in [2.05, 4.69) is 4.90 Å². The topological polar surface area (TPSA) is 49.8 Å². The number of carbonyl (C=O) groups is 1. The zero-order valence-corrected chi connectivity index (χ0v) is 12.3. The molecule has 4 nitrogen and oxygen atoms in total. The fraction of sp³-hybridized carbons (Fsp3) is 0.938. The Hall–Kier alpha value is -0.610. The summed E-state index contributed by atoms with van der Waals surface area (Å²) in [6, 6.07) is 0.258. The first-order valence-electron chi connectivity index (χ1n) is 8.33. The predicted molar refractivity (Wildman–Crippen MR) is 76.7 cm³/mol. The van der Waals surface area contributed by atoms with Crippen LogP contribution in [0, 0.1) is 11.8 Å². The third-order valence-corrected chi connectivity index (χ3v) is 5.61. The smallest absolute Gasteiger partial charge is 0.321 e. The van der Waals surface area contributed by atoms with E-state index in [1.807, 2.05) is 0 Å². The van der Waals surface area contributed by atoms with E-state index < -0.39 is 5.97 Å². The fourth-order valence-electron chi connectivity index (χ4n) is 4.65. The second-order valence-electron chi connectivity index (χ2n) is 6.72. The average Bonchev–Trinajstić information content (AvgIpc) is 3.11. The highest BCUT2D eigenvalue weighted by atomic mass is 16.5. The normalized spacial score (nSPS) is 31.7. The van der Waals surface area contributed by atoms with E-state index in [-0.39, 0.29) is 6.04 Å². The van der Waals surface area contributed by atoms with Crippen molar-refractivity contribution < 1.29 is 14.6 Å². The molecule has 2 heterocycles. The fourth-order valence-corrected chi connectivity index (χ4v) is 4.65. The molecule has 2 saturated heterocycles. The van der Waals surface area contributed by atoms with Crippen LogP contribution in [0.3, 0.4) is 0 Å². The van der Waals surface area contributed by atoms with Crippen molar-refractivity contribution in [1.29, 1.82) is 0 Å². The molecule has 4 heteroatoms. The number of carboxylic acid groups (broad SMARTS) is 1. The zero-order chi connectivity index (χ0) is 13.9. The maximum Gasteiger partial charge on any atom is 0.321 e. The molecule has 0 spiro atoms. The Kier molecular flexibility index (Phi) is 4.61. The molecular formula is C16H27NO3. The minimum absolute atomic E-state index is 0.229. The van der Waals surface area contributed by atoms with Crippen molar-refractivity contribution in [2.45, 2.75) is 63.5 Å². The van der Waals surface area contributed by atoms with Gasteiger partial charge in [0.25, 0.3) is 0 Å². The second-order valence-corrected chi connectivity index (χ2v) is 6.72. The lowest BCUT2D eigenvalue weighted by atomic mass is 9.87. The summed E-state index contributed by atoms with van der Waals surface area (Å²) >= 11 is 0. The van der Waals surface area contributed by atoms with Crippen LogP contribution in [0.25, 0.3) is 0 Å². The molecule has 2 aliphatic heterocycles. The average molecular weight is 281 g/mol. The summed E-state index contributed by atoms with van der Waals surface area (Å²) in [4.78, 5) is 14.2. The number of ether oxygens (including phenoxy) is 1. The molecule has 1 N–H and O–H groups in total. The predicted octanol–water partition coefficient (Wildman–Crippen LogP) is 2.52. The monoisotopic (exact) mass is 281 g/mol. The molecule has 3 fully saturated rings. The van der Waals surface area contributed by atoms with Crippen molar-refractivity contribution in [3.63, 3.8) is 0 Å². The van der Waals surface area contributed by atoms with E-state index in [4.69, 9.17) is 4.74 Å². The Morgan fingerprint density at radius 1 is 1.05 bits per heavy atom. The highest BCUT2D eigenvalue weighted by Gasteiger charge is 2.43. The lowest BCUT2D eigenvalue weighted by Crippen LogP contribution is -2.50. The maximum absolute atomic E-state index is 11.8. The molecule has 0 radical (unpaired) electrons. The molecule has 0 unspecified atom stereocenters. The Bertz CT molecular complexity index is 335. The van der Waals surface area contributed by atoms with Crippen molar-refractivity contribution in [2.75, 3.05) is 19.8 Å². The summed E-state index contributed by atoms with van der Waals surface area (Å²) in [6.45, 7) is 2.70. The van der Waals surface area contributed by atoms with Gasteiger partial charge in [-0.25, -0.2) is 0 Å². The van der Waals surface area contributed by atoms with Crippen molar-refractivity contribution in [3.8, 4) is 0 Å². The van der Waals surface area contributed by atoms with Crippen LogP contribution in [0.4, 0.5) is 0 Å². The molecule has 20 heavy (non-hydrogen) atoms. The van der Waals surface area contributed by atoms with Gasteiger partial charge in [-0.2, -0.15) is 0 Å². The van der Waals surface area contributed by atoms with Crippen LogP contribution in [0.5, 0.6) is 0 Å². The minimum Gasteiger partial charge on any atom is -0.480 e. The first-order valence-corrected chi connectivity index (χ1v) is 8.33. The van der Waals surface area contributed by atoms with Gasteiger partial charge >= 0.3 is 5.97 Å². The molecule has 114 valence electrons. The van der Waals surface area contributed by atoms with Crippen LogP contribution < -0.4 is 0 Å². The second kappa shape index (κ2) is 6.44. The maximum atomic E-state index is 11.8. The van der Waals surface area contributed by atoms with Crippen LogP contribution in [-0.2, 0) is 9.53 Å². The quantitative estimate of drug-likeness (QED) is 0.860. The van der Waals surface area contributed by atoms with E-state index in [0.29, 0.717) is 17.9 Å². The molecule has 0 aromatic carbocycles. The third-order valence-electron chi connectivity index (χ3n) is 5.61. The van der Waals surface area contributed by atoms with Gasteiger partial charge in [-0.1, -0.05) is 12.8 Å². The number of hydrogen-bond acceptors (Lipinski definition) is 3. The minimum atomic E-state index is -0.587. The molecule has 1 aliphatic carbocycles. The van der Waals surface area contributed by atoms with E-state index >= 15 is 0 Å². The van der Waals surface area contributed by atoms with Gasteiger partial charge in [0.2, 0.25) is 0 Å². The van der Waals surface area contributed by atoms with Gasteiger partial charge in [-0.3, -0.25) is 9.69 Å². The molecule has 0 aromatic heterocycles. The highest BCUT2D eigenvalue weighted by Crippen LogP contribution is 2.37. The summed E-state index contributed by atoms with van der Waals surface area (Å²) in [5, 5.41) is 9.74. The van der Waals surface area contributed by atoms with Gasteiger partial charge in [0.15, 0.2) is 0 Å². The van der Waals surface area contributed by atoms with Crippen molar-refractivity contribution in [3.05, 3.63) is 0 Å². The van der Waals surface area contributed by atoms with Gasteiger partial charge in [-0.15, -0.1) is 0 Å². The van der Waals surface area contributed by atoms with Crippen molar-refractivity contribution in [2.24, 2.45) is 11.8 Å². The number of carboxylic acids is 1. The molecule has 3 aliphatic rings. The Morgan fingerprint density at radius 3 is 2.40 bits per heavy atom. The Balaban J connectivity index is 1.72.